The molecule has 2 aromatic rings. The lowest BCUT2D eigenvalue weighted by Gasteiger charge is -2.13. The average Bonchev–Trinajstić information content (AvgIpc) is 2.99. The van der Waals surface area contributed by atoms with Gasteiger partial charge in [-0.15, -0.1) is 0 Å². The summed E-state index contributed by atoms with van der Waals surface area (Å²) < 4.78 is 37.1. The number of benzene rings is 2. The van der Waals surface area contributed by atoms with E-state index < -0.39 is 5.51 Å². The van der Waals surface area contributed by atoms with E-state index in [0.29, 0.717) is 10.9 Å². The normalized spacial score (nSPS) is 14.9. The van der Waals surface area contributed by atoms with Crippen LogP contribution >= 0.6 is 35.1 Å². The number of alkyl halides is 3. The summed E-state index contributed by atoms with van der Waals surface area (Å²) in [6.45, 7) is 1.93. The second-order valence-corrected chi connectivity index (χ2v) is 7.56. The molecule has 1 heterocycles. The smallest absolute Gasteiger partial charge is 0.254 e. The molecule has 8 heteroatoms. The van der Waals surface area contributed by atoms with Gasteiger partial charge in [0.15, 0.2) is 0 Å². The number of thioether (sulfide) groups is 2. The molecule has 0 bridgehead atoms. The summed E-state index contributed by atoms with van der Waals surface area (Å²) in [5.74, 6) is 0.633. The van der Waals surface area contributed by atoms with Gasteiger partial charge >= 0.3 is 5.51 Å². The van der Waals surface area contributed by atoms with Crippen LogP contribution < -0.4 is 5.01 Å². The highest BCUT2D eigenvalue weighted by molar-refractivity contribution is 8.14. The Morgan fingerprint density at radius 1 is 1.17 bits per heavy atom. The van der Waals surface area contributed by atoms with Crippen LogP contribution in [0.5, 0.6) is 0 Å². The summed E-state index contributed by atoms with van der Waals surface area (Å²) in [6.07, 6.45) is 0. The van der Waals surface area contributed by atoms with Crippen molar-refractivity contribution in [3.8, 4) is 0 Å². The van der Waals surface area contributed by atoms with Crippen LogP contribution in [0.2, 0.25) is 5.02 Å². The molecule has 0 saturated carbocycles. The topological polar surface area (TPSA) is 15.6 Å². The molecule has 1 aliphatic rings. The number of aryl methyl sites for hydroxylation is 1. The van der Waals surface area contributed by atoms with Crippen LogP contribution in [0.25, 0.3) is 0 Å². The minimum Gasteiger partial charge on any atom is -0.254 e. The summed E-state index contributed by atoms with van der Waals surface area (Å²) in [6, 6.07) is 12.0. The van der Waals surface area contributed by atoms with Crippen molar-refractivity contribution in [3.05, 3.63) is 58.6 Å². The van der Waals surface area contributed by atoms with Crippen LogP contribution in [0.4, 0.5) is 18.9 Å². The Morgan fingerprint density at radius 2 is 1.88 bits per heavy atom. The van der Waals surface area contributed by atoms with Crippen molar-refractivity contribution < 1.29 is 13.2 Å². The van der Waals surface area contributed by atoms with Gasteiger partial charge in [0.2, 0.25) is 0 Å². The van der Waals surface area contributed by atoms with Crippen LogP contribution in [0, 0.1) is 6.92 Å². The molecule has 0 spiro atoms. The van der Waals surface area contributed by atoms with Gasteiger partial charge in [-0.05, 0) is 48.5 Å². The Bertz CT molecular complexity index is 776. The third-order valence-electron chi connectivity index (χ3n) is 3.32. The molecule has 2 nitrogen and oxygen atoms in total. The molecule has 0 aromatic heterocycles. The van der Waals surface area contributed by atoms with E-state index in [-0.39, 0.29) is 16.7 Å². The molecule has 0 saturated heterocycles. The Kier molecular flexibility index (Phi) is 5.03. The molecule has 2 aromatic carbocycles. The number of hydrogen-bond donors (Lipinski definition) is 0. The second-order valence-electron chi connectivity index (χ2n) is 5.08. The molecule has 24 heavy (non-hydrogen) atoms. The summed E-state index contributed by atoms with van der Waals surface area (Å²) in [5.41, 5.74) is -1.60. The largest absolute Gasteiger partial charge is 0.446 e. The van der Waals surface area contributed by atoms with Crippen molar-refractivity contribution in [2.75, 3.05) is 10.9 Å². The maximum atomic E-state index is 12.4. The van der Waals surface area contributed by atoms with E-state index in [9.17, 15) is 13.2 Å². The molecule has 0 radical (unpaired) electrons. The van der Waals surface area contributed by atoms with Crippen LogP contribution in [-0.4, -0.2) is 16.4 Å². The molecule has 1 aliphatic heterocycles. The Balaban J connectivity index is 1.77. The van der Waals surface area contributed by atoms with E-state index >= 15 is 0 Å². The van der Waals surface area contributed by atoms with Crippen molar-refractivity contribution in [2.45, 2.75) is 17.3 Å². The standard InChI is InChI=1S/C16H12ClF3N2S2/c1-10-2-5-12(8-14(10)17)22-9-23-15(21-22)11-3-6-13(7-4-11)24-16(18,19)20/h2-8H,9H2,1H3. The summed E-state index contributed by atoms with van der Waals surface area (Å²) in [7, 11) is 0. The van der Waals surface area contributed by atoms with Gasteiger partial charge in [-0.3, -0.25) is 5.01 Å². The monoisotopic (exact) mass is 388 g/mol. The molecule has 0 aliphatic carbocycles. The van der Waals surface area contributed by atoms with E-state index in [0.717, 1.165) is 21.9 Å². The SMILES string of the molecule is Cc1ccc(N2CSC(c3ccc(SC(F)(F)F)cc3)=N2)cc1Cl. The fourth-order valence-electron chi connectivity index (χ4n) is 2.10. The zero-order chi connectivity index (χ0) is 17.3. The number of halogens is 4. The average molecular weight is 389 g/mol. The van der Waals surface area contributed by atoms with E-state index in [4.69, 9.17) is 11.6 Å². The molecular formula is C16H12ClF3N2S2. The first-order valence-electron chi connectivity index (χ1n) is 6.93. The maximum Gasteiger partial charge on any atom is 0.446 e. The predicted molar refractivity (Wildman–Crippen MR) is 96.0 cm³/mol. The first-order valence-corrected chi connectivity index (χ1v) is 9.11. The molecule has 0 atom stereocenters. The van der Waals surface area contributed by atoms with Gasteiger partial charge in [0.1, 0.15) is 5.04 Å². The third-order valence-corrected chi connectivity index (χ3v) is 5.43. The van der Waals surface area contributed by atoms with E-state index in [1.54, 1.807) is 12.1 Å². The zero-order valence-corrected chi connectivity index (χ0v) is 14.9. The predicted octanol–water partition coefficient (Wildman–Crippen LogP) is 6.13. The highest BCUT2D eigenvalue weighted by Gasteiger charge is 2.29. The van der Waals surface area contributed by atoms with Crippen LogP contribution in [-0.2, 0) is 0 Å². The highest BCUT2D eigenvalue weighted by Crippen LogP contribution is 2.37. The summed E-state index contributed by atoms with van der Waals surface area (Å²) in [5, 5.41) is 7.80. The quantitative estimate of drug-likeness (QED) is 0.588. The van der Waals surface area contributed by atoms with E-state index in [2.05, 4.69) is 5.10 Å². The lowest BCUT2D eigenvalue weighted by molar-refractivity contribution is -0.0328. The van der Waals surface area contributed by atoms with Gasteiger partial charge in [-0.25, -0.2) is 0 Å². The zero-order valence-electron chi connectivity index (χ0n) is 12.5. The highest BCUT2D eigenvalue weighted by atomic mass is 35.5. The molecule has 0 amide bonds. The van der Waals surface area contributed by atoms with Crippen molar-refractivity contribution >= 4 is 45.9 Å². The Labute approximate surface area is 151 Å². The number of anilines is 1. The number of hydrazone groups is 1. The number of nitrogens with zero attached hydrogens (tertiary/aromatic N) is 2. The number of hydrogen-bond acceptors (Lipinski definition) is 4. The Hall–Kier alpha value is -1.31. The van der Waals surface area contributed by atoms with Crippen molar-refractivity contribution in [3.63, 3.8) is 0 Å². The van der Waals surface area contributed by atoms with Crippen molar-refractivity contribution in [2.24, 2.45) is 5.10 Å². The molecule has 126 valence electrons. The molecule has 3 rings (SSSR count). The fraction of sp³-hybridized carbons (Fsp3) is 0.188. The number of rotatable bonds is 3. The summed E-state index contributed by atoms with van der Waals surface area (Å²) >= 11 is 7.55. The van der Waals surface area contributed by atoms with Crippen molar-refractivity contribution in [1.82, 2.24) is 0 Å². The molecule has 0 fully saturated rings. The molecule has 0 N–H and O–H groups in total. The molecule has 0 unspecified atom stereocenters. The lowest BCUT2D eigenvalue weighted by Crippen LogP contribution is -2.10. The Morgan fingerprint density at radius 3 is 2.50 bits per heavy atom. The van der Waals surface area contributed by atoms with Gasteiger partial charge in [0.25, 0.3) is 0 Å². The van der Waals surface area contributed by atoms with Gasteiger partial charge in [-0.2, -0.15) is 18.3 Å². The first kappa shape index (κ1) is 17.5. The third kappa shape index (κ3) is 4.20. The maximum absolute atomic E-state index is 12.4. The first-order chi connectivity index (χ1) is 11.3. The van der Waals surface area contributed by atoms with Crippen molar-refractivity contribution in [1.29, 1.82) is 0 Å². The minimum atomic E-state index is -4.28. The van der Waals surface area contributed by atoms with Crippen LogP contribution in [0.1, 0.15) is 11.1 Å². The van der Waals surface area contributed by atoms with Crippen LogP contribution in [0.15, 0.2) is 52.5 Å². The van der Waals surface area contributed by atoms with Gasteiger partial charge in [0.05, 0.1) is 11.6 Å². The summed E-state index contributed by atoms with van der Waals surface area (Å²) in [4.78, 5) is 0.164. The van der Waals surface area contributed by atoms with Gasteiger partial charge < -0.3 is 0 Å². The second kappa shape index (κ2) is 6.90. The van der Waals surface area contributed by atoms with Gasteiger partial charge in [0, 0.05) is 15.5 Å². The minimum absolute atomic E-state index is 0.119. The van der Waals surface area contributed by atoms with Gasteiger partial charge in [-0.1, -0.05) is 41.6 Å². The molecular weight excluding hydrogens is 377 g/mol. The van der Waals surface area contributed by atoms with Crippen LogP contribution in [0.3, 0.4) is 0 Å². The van der Waals surface area contributed by atoms with E-state index in [1.165, 1.54) is 23.9 Å². The lowest BCUT2D eigenvalue weighted by atomic mass is 10.2. The van der Waals surface area contributed by atoms with E-state index in [1.807, 2.05) is 30.1 Å². The fourth-order valence-corrected chi connectivity index (χ4v) is 3.73.